The highest BCUT2D eigenvalue weighted by molar-refractivity contribution is 6.19. The van der Waals surface area contributed by atoms with Crippen LogP contribution in [0.4, 0.5) is 43.7 Å². The minimum absolute atomic E-state index is 0.0144. The van der Waals surface area contributed by atoms with Crippen LogP contribution in [0.1, 0.15) is 201 Å². The Labute approximate surface area is 854 Å². The van der Waals surface area contributed by atoms with E-state index in [4.69, 9.17) is 53.1 Å². The van der Waals surface area contributed by atoms with E-state index in [-0.39, 0.29) is 78.3 Å². The van der Waals surface area contributed by atoms with E-state index in [1.165, 1.54) is 16.7 Å². The molecule has 3 amide bonds. The van der Waals surface area contributed by atoms with Crippen LogP contribution in [-0.2, 0) is 51.8 Å². The van der Waals surface area contributed by atoms with Gasteiger partial charge < -0.3 is 73.5 Å². The van der Waals surface area contributed by atoms with Crippen LogP contribution in [0.2, 0.25) is 0 Å². The van der Waals surface area contributed by atoms with Gasteiger partial charge in [-0.1, -0.05) is 36.4 Å². The summed E-state index contributed by atoms with van der Waals surface area (Å²) >= 11 is 0. The number of nitrogens with zero attached hydrogens (tertiary/aromatic N) is 16. The van der Waals surface area contributed by atoms with Crippen molar-refractivity contribution in [3.05, 3.63) is 345 Å². The highest BCUT2D eigenvalue weighted by Gasteiger charge is 2.33. The van der Waals surface area contributed by atoms with Gasteiger partial charge in [-0.3, -0.25) is 39.3 Å². The van der Waals surface area contributed by atoms with Crippen molar-refractivity contribution in [2.24, 2.45) is 30.9 Å². The van der Waals surface area contributed by atoms with Crippen LogP contribution in [0.3, 0.4) is 0 Å². The maximum atomic E-state index is 13.4. The van der Waals surface area contributed by atoms with Crippen LogP contribution in [0.5, 0.6) is 28.7 Å². The Morgan fingerprint density at radius 3 is 1.22 bits per heavy atom. The third kappa shape index (κ3) is 26.0. The van der Waals surface area contributed by atoms with Gasteiger partial charge in [0.1, 0.15) is 75.3 Å². The van der Waals surface area contributed by atoms with Crippen molar-refractivity contribution in [2.45, 2.75) is 183 Å². The Bertz CT molecular complexity index is 7050. The SMILES string of the molecule is CC(C)Oc1ccc2c(c1)C(c1ccnc(N3CCC(n4ccnc4)C3)c1)=NC2.CC(C)Oc1ccc2c(c1)C(c1ccnc(N3CCCC(O)C3)c1)=NC2.CC(C)Oc1ccc2c(c1)C(c1ccnc(NC(=O)C3CCN(c4ccccn4)C3)c1)=NC2.CC(C)Oc1ccc2c(c1)C(c1ccnc(NC(=O)CC3COCCO3)c1)=NC2.CC(C)Oc1ccc2c(c1)C(c1ccnc(NC(=O)c3cc(F)cc(F)c3)c1)=NC2. The molecule has 7 aromatic heterocycles. The van der Waals surface area contributed by atoms with Crippen LogP contribution < -0.4 is 54.3 Å². The number of piperidine rings is 1. The molecule has 9 aliphatic rings. The Kier molecular flexibility index (Phi) is 32.4. The van der Waals surface area contributed by atoms with Crippen LogP contribution in [-0.4, -0.2) is 193 Å². The minimum Gasteiger partial charge on any atom is -0.491 e. The molecule has 16 heterocycles. The lowest BCUT2D eigenvalue weighted by atomic mass is 10.00. The van der Waals surface area contributed by atoms with E-state index in [2.05, 4.69) is 130 Å². The Morgan fingerprint density at radius 2 is 0.816 bits per heavy atom. The van der Waals surface area contributed by atoms with Gasteiger partial charge in [-0.25, -0.2) is 43.7 Å². The van der Waals surface area contributed by atoms with Crippen LogP contribution in [0.25, 0.3) is 0 Å². The summed E-state index contributed by atoms with van der Waals surface area (Å²) in [5, 5.41) is 18.4. The molecule has 32 heteroatoms. The minimum atomic E-state index is -0.821. The molecule has 6 aromatic carbocycles. The van der Waals surface area contributed by atoms with E-state index in [0.29, 0.717) is 82.8 Å². The largest absolute Gasteiger partial charge is 0.491 e. The van der Waals surface area contributed by atoms with Crippen LogP contribution >= 0.6 is 0 Å². The lowest BCUT2D eigenvalue weighted by molar-refractivity contribution is -0.126. The first-order valence-corrected chi connectivity index (χ1v) is 50.2. The maximum absolute atomic E-state index is 13.4. The molecule has 0 bridgehead atoms. The van der Waals surface area contributed by atoms with Gasteiger partial charge in [0.2, 0.25) is 11.8 Å². The number of halogens is 2. The Morgan fingerprint density at radius 1 is 0.408 bits per heavy atom. The molecule has 0 radical (unpaired) electrons. The van der Waals surface area contributed by atoms with Gasteiger partial charge >= 0.3 is 0 Å². The van der Waals surface area contributed by atoms with E-state index >= 15 is 0 Å². The molecule has 4 saturated heterocycles. The topological polar surface area (TPSA) is 339 Å². The van der Waals surface area contributed by atoms with Gasteiger partial charge in [-0.05, 0) is 268 Å². The zero-order chi connectivity index (χ0) is 102. The van der Waals surface area contributed by atoms with Gasteiger partial charge in [-0.15, -0.1) is 0 Å². The number of amides is 3. The smallest absolute Gasteiger partial charge is 0.257 e. The standard InChI is InChI=1S/C26H27N5O2.C23H19F2N3O2.C23H25N5O.C22H25N3O4.C21H25N3O2/c1-17(2)33-21-7-6-19-15-29-25(22(19)14-21)18-8-11-27-23(13-18)30-26(32)20-9-12-31(16-20)24-5-3-4-10-28-24;1-13(2)30-19-4-3-15-12-27-22(20(15)11-19)14-5-6-26-21(9-14)28-23(29)16-7-17(24)10-18(25)8-16;1-16(2)29-20-4-3-18-13-26-23(21(18)12-20)17-5-7-25-22(11-17)27-9-6-19(14-27)28-10-8-24-15-28;1-14(2)29-17-4-3-16-12-24-22(19(16)10-17)15-5-6-23-20(9-15)25-21(26)11-18-13-27-7-8-28-18;1-14(2)26-18-6-5-16-12-23-21(19(16)11-18)15-7-8-22-20(10-15)24-9-3-4-17(25)13-24/h3-8,10-11,13-14,17,20H,9,12,15-16H2,1-2H3,(H,27,30,32);3-11,13H,12H2,1-2H3,(H,26,28,29);3-5,7-8,10-12,15-16,19H,6,9,13-14H2,1-2H3;3-6,9-10,14,18H,7-8,11-13H2,1-2H3,(H,23,25,26);5-8,10-11,14,17,25H,3-4,9,12-13H2,1-2H3. The average Bonchev–Trinajstić information content (AvgIpc) is 1.66. The van der Waals surface area contributed by atoms with Gasteiger partial charge in [0.05, 0.1) is 149 Å². The van der Waals surface area contributed by atoms with Gasteiger partial charge in [-0.2, -0.15) is 0 Å². The number of fused-ring (bicyclic) bond motifs is 5. The summed E-state index contributed by atoms with van der Waals surface area (Å²) in [5.41, 5.74) is 20.5. The Balaban J connectivity index is 0.000000121. The van der Waals surface area contributed by atoms with Crippen molar-refractivity contribution >= 4 is 81.2 Å². The fourth-order valence-electron chi connectivity index (χ4n) is 18.9. The maximum Gasteiger partial charge on any atom is 0.257 e. The number of carbonyl (C=O) groups excluding carboxylic acids is 3. The number of β-amino-alcohol motifs (C(OH)–C–C–N with tert-alkyl or cyclic N) is 1. The molecule has 22 rings (SSSR count). The molecule has 4 unspecified atom stereocenters. The van der Waals surface area contributed by atoms with E-state index in [1.807, 2.05) is 203 Å². The summed E-state index contributed by atoms with van der Waals surface area (Å²) in [6.07, 6.45) is 20.3. The number of rotatable bonds is 26. The first-order valence-electron chi connectivity index (χ1n) is 50.2. The molecule has 0 aliphatic carbocycles. The number of aliphatic imine (C=N–C) groups is 5. The summed E-state index contributed by atoms with van der Waals surface area (Å²) in [4.78, 5) is 98.4. The molecule has 4 N–H and O–H groups in total. The Hall–Kier alpha value is -15.7. The summed E-state index contributed by atoms with van der Waals surface area (Å²) < 4.78 is 69.1. The molecule has 4 fully saturated rings. The lowest BCUT2D eigenvalue weighted by Crippen LogP contribution is -2.38. The van der Waals surface area contributed by atoms with Crippen molar-refractivity contribution in [2.75, 3.05) is 89.7 Å². The quantitative estimate of drug-likeness (QED) is 0.0391. The number of carbonyl (C=O) groups is 3. The van der Waals surface area contributed by atoms with Gasteiger partial charge in [0.25, 0.3) is 5.91 Å². The van der Waals surface area contributed by atoms with E-state index in [1.54, 1.807) is 36.9 Å². The summed E-state index contributed by atoms with van der Waals surface area (Å²) in [7, 11) is 0. The number of ether oxygens (including phenoxy) is 7. The molecule has 9 aliphatic heterocycles. The highest BCUT2D eigenvalue weighted by atomic mass is 19.1. The fourth-order valence-corrected chi connectivity index (χ4v) is 18.9. The molecular formula is C115H121F2N19O11. The predicted octanol–water partition coefficient (Wildman–Crippen LogP) is 18.8. The van der Waals surface area contributed by atoms with E-state index in [9.17, 15) is 28.3 Å². The summed E-state index contributed by atoms with van der Waals surface area (Å²) in [6, 6.07) is 58.8. The lowest BCUT2D eigenvalue weighted by Gasteiger charge is -2.31. The monoisotopic (exact) mass is 1980 g/mol. The van der Waals surface area contributed by atoms with E-state index < -0.39 is 17.5 Å². The molecule has 0 spiro atoms. The number of aliphatic hydroxyl groups is 1. The van der Waals surface area contributed by atoms with Crippen molar-refractivity contribution in [3.8, 4) is 28.7 Å². The number of nitrogens with one attached hydrogen (secondary N) is 3. The molecule has 4 atom stereocenters. The van der Waals surface area contributed by atoms with Gasteiger partial charge in [0, 0.05) is 156 Å². The highest BCUT2D eigenvalue weighted by Crippen LogP contribution is 2.38. The molecule has 147 heavy (non-hydrogen) atoms. The van der Waals surface area contributed by atoms with Crippen LogP contribution in [0.15, 0.2) is 269 Å². The number of aliphatic hydroxyl groups excluding tert-OH is 1. The van der Waals surface area contributed by atoms with Crippen molar-refractivity contribution in [3.63, 3.8) is 0 Å². The number of benzene rings is 6. The third-order valence-corrected chi connectivity index (χ3v) is 25.6. The molecule has 756 valence electrons. The zero-order valence-corrected chi connectivity index (χ0v) is 84.2. The average molecular weight is 1980 g/mol. The van der Waals surface area contributed by atoms with E-state index in [0.717, 1.165) is 212 Å². The predicted molar refractivity (Wildman–Crippen MR) is 566 cm³/mol. The molecule has 30 nitrogen and oxygen atoms in total. The number of anilines is 6. The normalized spacial score (nSPS) is 17.0. The van der Waals surface area contributed by atoms with Crippen molar-refractivity contribution < 1.29 is 61.4 Å². The third-order valence-electron chi connectivity index (χ3n) is 25.6. The number of pyridine rings is 6. The first-order chi connectivity index (χ1) is 71.3. The number of imidazole rings is 1. The van der Waals surface area contributed by atoms with Crippen LogP contribution in [0, 0.1) is 17.6 Å². The van der Waals surface area contributed by atoms with Crippen molar-refractivity contribution in [1.82, 2.24) is 39.5 Å². The van der Waals surface area contributed by atoms with Crippen molar-refractivity contribution in [1.29, 1.82) is 0 Å². The molecule has 13 aromatic rings. The fraction of sp³-hybridized carbons (Fsp3) is 0.330. The first kappa shape index (κ1) is 101. The summed E-state index contributed by atoms with van der Waals surface area (Å²) in [5.74, 6) is 5.75. The zero-order valence-electron chi connectivity index (χ0n) is 84.2. The second kappa shape index (κ2) is 47.0. The number of hydrogen-bond donors (Lipinski definition) is 4. The summed E-state index contributed by atoms with van der Waals surface area (Å²) in [6.45, 7) is 29.9. The second-order valence-corrected chi connectivity index (χ2v) is 38.5. The number of aromatic nitrogens is 8. The van der Waals surface area contributed by atoms with Gasteiger partial charge in [0.15, 0.2) is 0 Å². The molecular weight excluding hydrogens is 1860 g/mol. The second-order valence-electron chi connectivity index (χ2n) is 38.5. The molecule has 0 saturated carbocycles. The number of hydrogen-bond acceptors (Lipinski definition) is 26.